The van der Waals surface area contributed by atoms with Crippen molar-refractivity contribution in [1.29, 1.82) is 0 Å². The van der Waals surface area contributed by atoms with Gasteiger partial charge in [0.15, 0.2) is 0 Å². The summed E-state index contributed by atoms with van der Waals surface area (Å²) in [5.41, 5.74) is 2.26. The van der Waals surface area contributed by atoms with Gasteiger partial charge >= 0.3 is 0 Å². The molecule has 1 aliphatic rings. The molecule has 0 saturated heterocycles. The first-order chi connectivity index (χ1) is 11.2. The van der Waals surface area contributed by atoms with E-state index in [2.05, 4.69) is 12.1 Å². The van der Waals surface area contributed by atoms with Crippen LogP contribution in [0.15, 0.2) is 48.5 Å². The maximum atomic E-state index is 12.3. The minimum atomic E-state index is 0.197. The van der Waals surface area contributed by atoms with Crippen molar-refractivity contribution >= 4 is 5.78 Å². The lowest BCUT2D eigenvalue weighted by molar-refractivity contribution is -0.121. The molecular weight excluding hydrogens is 288 g/mol. The number of carbonyl (C=O) groups is 1. The highest BCUT2D eigenvalue weighted by Gasteiger charge is 2.31. The van der Waals surface area contributed by atoms with Crippen LogP contribution < -0.4 is 9.47 Å². The largest absolute Gasteiger partial charge is 0.496 e. The minimum absolute atomic E-state index is 0.197. The number of benzene rings is 2. The van der Waals surface area contributed by atoms with Gasteiger partial charge < -0.3 is 9.47 Å². The zero-order chi connectivity index (χ0) is 16.2. The first kappa shape index (κ1) is 15.6. The third-order valence-electron chi connectivity index (χ3n) is 4.67. The second-order valence-corrected chi connectivity index (χ2v) is 6.06. The van der Waals surface area contributed by atoms with E-state index in [1.165, 1.54) is 0 Å². The summed E-state index contributed by atoms with van der Waals surface area (Å²) < 4.78 is 11.0. The highest BCUT2D eigenvalue weighted by molar-refractivity contribution is 5.81. The number of carbonyl (C=O) groups excluding carboxylic acids is 1. The van der Waals surface area contributed by atoms with E-state index in [9.17, 15) is 4.79 Å². The summed E-state index contributed by atoms with van der Waals surface area (Å²) in [7, 11) is 3.36. The maximum Gasteiger partial charge on any atom is 0.134 e. The number of ketones is 1. The van der Waals surface area contributed by atoms with Gasteiger partial charge in [-0.1, -0.05) is 36.4 Å². The predicted molar refractivity (Wildman–Crippen MR) is 90.3 cm³/mol. The molecule has 3 heteroatoms. The van der Waals surface area contributed by atoms with Crippen molar-refractivity contribution in [3.8, 4) is 11.5 Å². The molecular formula is C20H22O3. The summed E-state index contributed by atoms with van der Waals surface area (Å²) in [5.74, 6) is 2.43. The van der Waals surface area contributed by atoms with Crippen molar-refractivity contribution in [3.05, 3.63) is 59.7 Å². The molecule has 0 radical (unpaired) electrons. The molecule has 0 heterocycles. The molecule has 0 aliphatic heterocycles. The van der Waals surface area contributed by atoms with Gasteiger partial charge in [-0.25, -0.2) is 0 Å². The lowest BCUT2D eigenvalue weighted by Crippen LogP contribution is -2.21. The number of methoxy groups -OCH3 is 2. The van der Waals surface area contributed by atoms with E-state index in [0.29, 0.717) is 18.6 Å². The van der Waals surface area contributed by atoms with E-state index in [1.807, 2.05) is 36.4 Å². The third-order valence-corrected chi connectivity index (χ3v) is 4.67. The molecule has 120 valence electrons. The monoisotopic (exact) mass is 310 g/mol. The lowest BCUT2D eigenvalue weighted by Gasteiger charge is -2.30. The summed E-state index contributed by atoms with van der Waals surface area (Å²) in [4.78, 5) is 12.3. The highest BCUT2D eigenvalue weighted by atomic mass is 16.5. The van der Waals surface area contributed by atoms with Gasteiger partial charge in [0.2, 0.25) is 0 Å². The number of ether oxygens (including phenoxy) is 2. The number of para-hydroxylation sites is 2. The fraction of sp³-hybridized carbons (Fsp3) is 0.350. The van der Waals surface area contributed by atoms with Crippen LogP contribution in [0.5, 0.6) is 11.5 Å². The van der Waals surface area contributed by atoms with Gasteiger partial charge in [0, 0.05) is 12.8 Å². The van der Waals surface area contributed by atoms with Crippen molar-refractivity contribution < 1.29 is 14.3 Å². The molecule has 0 aromatic heterocycles. The first-order valence-electron chi connectivity index (χ1n) is 8.00. The zero-order valence-corrected chi connectivity index (χ0v) is 13.6. The molecule has 0 spiro atoms. The summed E-state index contributed by atoms with van der Waals surface area (Å²) in [6.07, 6.45) is 2.12. The quantitative estimate of drug-likeness (QED) is 0.843. The van der Waals surface area contributed by atoms with E-state index < -0.39 is 0 Å². The Morgan fingerprint density at radius 2 is 1.22 bits per heavy atom. The fourth-order valence-corrected chi connectivity index (χ4v) is 3.62. The molecule has 2 aromatic carbocycles. The second-order valence-electron chi connectivity index (χ2n) is 6.06. The highest BCUT2D eigenvalue weighted by Crippen LogP contribution is 2.44. The van der Waals surface area contributed by atoms with Crippen molar-refractivity contribution in [2.45, 2.75) is 31.1 Å². The van der Waals surface area contributed by atoms with Crippen molar-refractivity contribution in [1.82, 2.24) is 0 Å². The van der Waals surface area contributed by atoms with Crippen LogP contribution in [-0.2, 0) is 4.79 Å². The van der Waals surface area contributed by atoms with Crippen molar-refractivity contribution in [3.63, 3.8) is 0 Å². The molecule has 1 aliphatic carbocycles. The predicted octanol–water partition coefficient (Wildman–Crippen LogP) is 4.32. The Morgan fingerprint density at radius 3 is 1.65 bits per heavy atom. The van der Waals surface area contributed by atoms with Gasteiger partial charge in [0.25, 0.3) is 0 Å². The van der Waals surface area contributed by atoms with Gasteiger partial charge in [-0.05, 0) is 41.5 Å². The molecule has 2 atom stereocenters. The number of hydrogen-bond acceptors (Lipinski definition) is 3. The first-order valence-corrected chi connectivity index (χ1v) is 8.00. The van der Waals surface area contributed by atoms with Crippen molar-refractivity contribution in [2.24, 2.45) is 0 Å². The number of hydrogen-bond donors (Lipinski definition) is 0. The molecule has 3 nitrogen and oxygen atoms in total. The Bertz CT molecular complexity index is 635. The van der Waals surface area contributed by atoms with Crippen LogP contribution in [0, 0.1) is 0 Å². The second kappa shape index (κ2) is 6.86. The van der Waals surface area contributed by atoms with Gasteiger partial charge in [-0.2, -0.15) is 0 Å². The topological polar surface area (TPSA) is 35.5 Å². The van der Waals surface area contributed by atoms with E-state index >= 15 is 0 Å². The summed E-state index contributed by atoms with van der Waals surface area (Å²) >= 11 is 0. The molecule has 0 unspecified atom stereocenters. The smallest absolute Gasteiger partial charge is 0.134 e. The molecule has 0 bridgehead atoms. The molecule has 0 N–H and O–H groups in total. The van der Waals surface area contributed by atoms with Gasteiger partial charge in [-0.3, -0.25) is 4.79 Å². The van der Waals surface area contributed by atoms with Gasteiger partial charge in [0.05, 0.1) is 14.2 Å². The maximum absolute atomic E-state index is 12.3. The Labute approximate surface area is 137 Å². The number of rotatable bonds is 4. The normalized spacial score (nSPS) is 21.0. The summed E-state index contributed by atoms with van der Waals surface area (Å²) in [6.45, 7) is 0. The van der Waals surface area contributed by atoms with Crippen LogP contribution in [0.2, 0.25) is 0 Å². The Kier molecular flexibility index (Phi) is 4.65. The van der Waals surface area contributed by atoms with Crippen molar-refractivity contribution in [2.75, 3.05) is 14.2 Å². The Morgan fingerprint density at radius 1 is 0.783 bits per heavy atom. The van der Waals surface area contributed by atoms with Crippen LogP contribution in [0.25, 0.3) is 0 Å². The molecule has 0 amide bonds. The van der Waals surface area contributed by atoms with Crippen LogP contribution in [0.3, 0.4) is 0 Å². The summed E-state index contributed by atoms with van der Waals surface area (Å²) in [5, 5.41) is 0. The van der Waals surface area contributed by atoms with Gasteiger partial charge in [0.1, 0.15) is 17.3 Å². The molecule has 1 fully saturated rings. The lowest BCUT2D eigenvalue weighted by atomic mass is 9.74. The van der Waals surface area contributed by atoms with Crippen LogP contribution in [0.4, 0.5) is 0 Å². The minimum Gasteiger partial charge on any atom is -0.496 e. The SMILES string of the molecule is COc1ccccc1[C@@H]1CC(=O)C[C@@H](c2ccccc2OC)C1. The third kappa shape index (κ3) is 3.24. The standard InChI is InChI=1S/C20H22O3/c1-22-19-9-5-3-7-17(19)14-11-15(13-16(21)12-14)18-8-4-6-10-20(18)23-2/h3-10,14-15H,11-13H2,1-2H3/t14-,15-/m0/s1. The molecule has 1 saturated carbocycles. The van der Waals surface area contributed by atoms with Crippen LogP contribution in [0.1, 0.15) is 42.2 Å². The summed E-state index contributed by atoms with van der Waals surface area (Å²) in [6, 6.07) is 16.0. The van der Waals surface area contributed by atoms with E-state index in [4.69, 9.17) is 9.47 Å². The Hall–Kier alpha value is -2.29. The molecule has 3 rings (SSSR count). The van der Waals surface area contributed by atoms with Crippen LogP contribution in [-0.4, -0.2) is 20.0 Å². The number of Topliss-reactive ketones (excluding diaryl/α,β-unsaturated/α-hetero) is 1. The van der Waals surface area contributed by atoms with E-state index in [-0.39, 0.29) is 11.8 Å². The van der Waals surface area contributed by atoms with Crippen LogP contribution >= 0.6 is 0 Å². The molecule has 2 aromatic rings. The average molecular weight is 310 g/mol. The fourth-order valence-electron chi connectivity index (χ4n) is 3.62. The Balaban J connectivity index is 1.92. The van der Waals surface area contributed by atoms with E-state index in [0.717, 1.165) is 29.0 Å². The van der Waals surface area contributed by atoms with Gasteiger partial charge in [-0.15, -0.1) is 0 Å². The molecule has 23 heavy (non-hydrogen) atoms. The average Bonchev–Trinajstić information content (AvgIpc) is 2.61. The zero-order valence-electron chi connectivity index (χ0n) is 13.6. The van der Waals surface area contributed by atoms with E-state index in [1.54, 1.807) is 14.2 Å².